The van der Waals surface area contributed by atoms with Gasteiger partial charge in [-0.15, -0.1) is 0 Å². The summed E-state index contributed by atoms with van der Waals surface area (Å²) < 4.78 is 6.01. The maximum atomic E-state index is 6.01. The van der Waals surface area contributed by atoms with Crippen molar-refractivity contribution in [3.8, 4) is 5.75 Å². The number of benzene rings is 1. The zero-order valence-electron chi connectivity index (χ0n) is 12.4. The molecule has 1 N–H and O–H groups in total. The van der Waals surface area contributed by atoms with Crippen LogP contribution in [-0.2, 0) is 0 Å². The van der Waals surface area contributed by atoms with Crippen LogP contribution in [0.5, 0.6) is 5.75 Å². The van der Waals surface area contributed by atoms with E-state index in [0.29, 0.717) is 17.0 Å². The molecule has 108 valence electrons. The molecule has 0 amide bonds. The number of halogens is 1. The van der Waals surface area contributed by atoms with Crippen LogP contribution in [0, 0.1) is 5.92 Å². The van der Waals surface area contributed by atoms with Gasteiger partial charge in [0.1, 0.15) is 11.9 Å². The standard InChI is InChI=1S/C16H26ClNO/c1-5-12(3)10-16(18-6-2)13(4)19-15-9-7-8-14(17)11-15/h7-9,11-13,16,18H,5-6,10H2,1-4H3. The summed E-state index contributed by atoms with van der Waals surface area (Å²) >= 11 is 5.98. The number of nitrogens with one attached hydrogen (secondary N) is 1. The molecule has 0 bridgehead atoms. The van der Waals surface area contributed by atoms with Gasteiger partial charge in [-0.2, -0.15) is 0 Å². The molecule has 2 nitrogen and oxygen atoms in total. The van der Waals surface area contributed by atoms with Gasteiger partial charge in [-0.3, -0.25) is 0 Å². The largest absolute Gasteiger partial charge is 0.489 e. The fourth-order valence-electron chi connectivity index (χ4n) is 2.14. The highest BCUT2D eigenvalue weighted by molar-refractivity contribution is 6.30. The van der Waals surface area contributed by atoms with E-state index in [0.717, 1.165) is 18.7 Å². The number of hydrogen-bond acceptors (Lipinski definition) is 2. The van der Waals surface area contributed by atoms with Crippen LogP contribution in [-0.4, -0.2) is 18.7 Å². The highest BCUT2D eigenvalue weighted by Gasteiger charge is 2.20. The molecule has 1 aromatic rings. The molecular weight excluding hydrogens is 258 g/mol. The topological polar surface area (TPSA) is 21.3 Å². The molecule has 3 atom stereocenters. The third-order valence-corrected chi connectivity index (χ3v) is 3.74. The smallest absolute Gasteiger partial charge is 0.121 e. The Bertz CT molecular complexity index is 370. The van der Waals surface area contributed by atoms with Crippen molar-refractivity contribution >= 4 is 11.6 Å². The summed E-state index contributed by atoms with van der Waals surface area (Å²) in [6.45, 7) is 9.74. The molecule has 3 unspecified atom stereocenters. The molecule has 0 saturated carbocycles. The van der Waals surface area contributed by atoms with Crippen molar-refractivity contribution in [3.63, 3.8) is 0 Å². The minimum atomic E-state index is 0.132. The van der Waals surface area contributed by atoms with Crippen LogP contribution in [0.25, 0.3) is 0 Å². The molecular formula is C16H26ClNO. The normalized spacial score (nSPS) is 15.8. The maximum absolute atomic E-state index is 6.01. The maximum Gasteiger partial charge on any atom is 0.121 e. The Labute approximate surface area is 122 Å². The van der Waals surface area contributed by atoms with Gasteiger partial charge in [0.05, 0.1) is 0 Å². The lowest BCUT2D eigenvalue weighted by atomic mass is 9.96. The van der Waals surface area contributed by atoms with Gasteiger partial charge in [-0.1, -0.05) is 44.9 Å². The van der Waals surface area contributed by atoms with Crippen LogP contribution in [0.2, 0.25) is 5.02 Å². The van der Waals surface area contributed by atoms with Crippen LogP contribution in [0.4, 0.5) is 0 Å². The SMILES string of the molecule is CCNC(CC(C)CC)C(C)Oc1cccc(Cl)c1. The zero-order chi connectivity index (χ0) is 14.3. The van der Waals surface area contributed by atoms with Gasteiger partial charge in [0.15, 0.2) is 0 Å². The highest BCUT2D eigenvalue weighted by atomic mass is 35.5. The first-order chi connectivity index (χ1) is 9.06. The first kappa shape index (κ1) is 16.3. The molecule has 0 spiro atoms. The van der Waals surface area contributed by atoms with Gasteiger partial charge in [0, 0.05) is 11.1 Å². The van der Waals surface area contributed by atoms with Gasteiger partial charge >= 0.3 is 0 Å². The van der Waals surface area contributed by atoms with Crippen molar-refractivity contribution in [2.45, 2.75) is 52.7 Å². The Hall–Kier alpha value is -0.730. The van der Waals surface area contributed by atoms with Crippen LogP contribution < -0.4 is 10.1 Å². The van der Waals surface area contributed by atoms with Gasteiger partial charge in [-0.25, -0.2) is 0 Å². The van der Waals surface area contributed by atoms with Gasteiger partial charge < -0.3 is 10.1 Å². The van der Waals surface area contributed by atoms with Crippen LogP contribution in [0.15, 0.2) is 24.3 Å². The second-order valence-electron chi connectivity index (χ2n) is 5.19. The Morgan fingerprint density at radius 3 is 2.58 bits per heavy atom. The molecule has 0 aromatic heterocycles. The predicted octanol–water partition coefficient (Wildman–Crippen LogP) is 4.52. The minimum Gasteiger partial charge on any atom is -0.489 e. The first-order valence-corrected chi connectivity index (χ1v) is 7.60. The molecule has 19 heavy (non-hydrogen) atoms. The third-order valence-electron chi connectivity index (χ3n) is 3.50. The average molecular weight is 284 g/mol. The minimum absolute atomic E-state index is 0.132. The molecule has 0 saturated heterocycles. The van der Waals surface area contributed by atoms with E-state index in [1.54, 1.807) is 0 Å². The molecule has 0 heterocycles. The van der Waals surface area contributed by atoms with E-state index >= 15 is 0 Å². The summed E-state index contributed by atoms with van der Waals surface area (Å²) in [6.07, 6.45) is 2.46. The fraction of sp³-hybridized carbons (Fsp3) is 0.625. The van der Waals surface area contributed by atoms with Crippen LogP contribution >= 0.6 is 11.6 Å². The Kier molecular flexibility index (Phi) is 7.25. The summed E-state index contributed by atoms with van der Waals surface area (Å²) in [5, 5.41) is 4.24. The number of hydrogen-bond donors (Lipinski definition) is 1. The lowest BCUT2D eigenvalue weighted by Crippen LogP contribution is -2.42. The summed E-state index contributed by atoms with van der Waals surface area (Å²) in [5.41, 5.74) is 0. The third kappa shape index (κ3) is 5.84. The Morgan fingerprint density at radius 1 is 1.26 bits per heavy atom. The molecule has 3 heteroatoms. The summed E-state index contributed by atoms with van der Waals surface area (Å²) in [5.74, 6) is 1.54. The van der Waals surface area contributed by atoms with Crippen LogP contribution in [0.1, 0.15) is 40.5 Å². The molecule has 1 aromatic carbocycles. The Morgan fingerprint density at radius 2 is 2.00 bits per heavy atom. The van der Waals surface area contributed by atoms with E-state index in [1.165, 1.54) is 6.42 Å². The molecule has 0 radical (unpaired) electrons. The molecule has 1 rings (SSSR count). The summed E-state index contributed by atoms with van der Waals surface area (Å²) in [7, 11) is 0. The number of ether oxygens (including phenoxy) is 1. The highest BCUT2D eigenvalue weighted by Crippen LogP contribution is 2.21. The number of likely N-dealkylation sites (N-methyl/N-ethyl adjacent to an activating group) is 1. The van der Waals surface area contributed by atoms with Crippen molar-refractivity contribution in [2.24, 2.45) is 5.92 Å². The fourth-order valence-corrected chi connectivity index (χ4v) is 2.32. The summed E-state index contributed by atoms with van der Waals surface area (Å²) in [6, 6.07) is 7.97. The van der Waals surface area contributed by atoms with Gasteiger partial charge in [0.2, 0.25) is 0 Å². The predicted molar refractivity (Wildman–Crippen MR) is 83.1 cm³/mol. The molecule has 0 aliphatic rings. The molecule has 0 aliphatic carbocycles. The summed E-state index contributed by atoms with van der Waals surface area (Å²) in [4.78, 5) is 0. The van der Waals surface area contributed by atoms with Crippen LogP contribution in [0.3, 0.4) is 0 Å². The van der Waals surface area contributed by atoms with Gasteiger partial charge in [-0.05, 0) is 44.0 Å². The second kappa shape index (κ2) is 8.44. The van der Waals surface area contributed by atoms with E-state index in [2.05, 4.69) is 33.0 Å². The van der Waals surface area contributed by atoms with Crippen molar-refractivity contribution in [3.05, 3.63) is 29.3 Å². The van der Waals surface area contributed by atoms with Crippen molar-refractivity contribution in [1.29, 1.82) is 0 Å². The lowest BCUT2D eigenvalue weighted by Gasteiger charge is -2.28. The van der Waals surface area contributed by atoms with E-state index < -0.39 is 0 Å². The van der Waals surface area contributed by atoms with E-state index in [9.17, 15) is 0 Å². The van der Waals surface area contributed by atoms with E-state index in [4.69, 9.17) is 16.3 Å². The quantitative estimate of drug-likeness (QED) is 0.757. The van der Waals surface area contributed by atoms with Crippen molar-refractivity contribution in [1.82, 2.24) is 5.32 Å². The van der Waals surface area contributed by atoms with E-state index in [1.807, 2.05) is 24.3 Å². The van der Waals surface area contributed by atoms with E-state index in [-0.39, 0.29) is 6.10 Å². The monoisotopic (exact) mass is 283 g/mol. The van der Waals surface area contributed by atoms with Crippen molar-refractivity contribution in [2.75, 3.05) is 6.54 Å². The number of rotatable bonds is 8. The molecule has 0 aliphatic heterocycles. The first-order valence-electron chi connectivity index (χ1n) is 7.22. The lowest BCUT2D eigenvalue weighted by molar-refractivity contribution is 0.155. The van der Waals surface area contributed by atoms with Crippen molar-refractivity contribution < 1.29 is 4.74 Å². The average Bonchev–Trinajstić information content (AvgIpc) is 2.38. The zero-order valence-corrected chi connectivity index (χ0v) is 13.2. The second-order valence-corrected chi connectivity index (χ2v) is 5.63. The Balaban J connectivity index is 2.63. The van der Waals surface area contributed by atoms with Gasteiger partial charge in [0.25, 0.3) is 0 Å². The molecule has 0 fully saturated rings.